The van der Waals surface area contributed by atoms with E-state index in [4.69, 9.17) is 21.1 Å². The Balaban J connectivity index is 1.41. The van der Waals surface area contributed by atoms with Crippen molar-refractivity contribution in [1.29, 1.82) is 0 Å². The van der Waals surface area contributed by atoms with Gasteiger partial charge in [-0.25, -0.2) is 12.8 Å². The van der Waals surface area contributed by atoms with Crippen LogP contribution in [0.15, 0.2) is 102 Å². The maximum atomic E-state index is 13.4. The van der Waals surface area contributed by atoms with Crippen LogP contribution >= 0.6 is 11.6 Å². The molecule has 0 aliphatic heterocycles. The summed E-state index contributed by atoms with van der Waals surface area (Å²) in [6.07, 6.45) is 0. The van der Waals surface area contributed by atoms with Gasteiger partial charge >= 0.3 is 0 Å². The Labute approximate surface area is 260 Å². The lowest BCUT2D eigenvalue weighted by Gasteiger charge is -2.29. The van der Waals surface area contributed by atoms with Crippen molar-refractivity contribution >= 4 is 39.1 Å². The largest absolute Gasteiger partial charge is 0.497 e. The number of carbonyl (C=O) groups excluding carboxylic acids is 2. The molecule has 0 heterocycles. The van der Waals surface area contributed by atoms with Crippen molar-refractivity contribution in [1.82, 2.24) is 10.2 Å². The Hall–Kier alpha value is -4.61. The highest BCUT2D eigenvalue weighted by Gasteiger charge is 2.26. The number of ether oxygens (including phenoxy) is 2. The van der Waals surface area contributed by atoms with E-state index in [0.717, 1.165) is 23.3 Å². The topological polar surface area (TPSA) is 114 Å². The molecule has 0 aliphatic carbocycles. The fraction of sp³-hybridized carbons (Fsp3) is 0.188. The average Bonchev–Trinajstić information content (AvgIpc) is 3.03. The summed E-state index contributed by atoms with van der Waals surface area (Å²) < 4.78 is 51.8. The summed E-state index contributed by atoms with van der Waals surface area (Å²) >= 11 is 6.02. The number of methoxy groups -OCH3 is 1. The third-order valence-corrected chi connectivity index (χ3v) is 8.30. The van der Waals surface area contributed by atoms with Crippen molar-refractivity contribution in [2.75, 3.05) is 18.4 Å². The molecule has 4 aromatic carbocycles. The van der Waals surface area contributed by atoms with E-state index in [2.05, 4.69) is 10.0 Å². The minimum Gasteiger partial charge on any atom is -0.497 e. The first-order chi connectivity index (χ1) is 21.0. The zero-order chi connectivity index (χ0) is 31.7. The molecule has 12 heteroatoms. The summed E-state index contributed by atoms with van der Waals surface area (Å²) in [5.74, 6) is -0.347. The van der Waals surface area contributed by atoms with Gasteiger partial charge in [0.05, 0.1) is 12.0 Å². The first kappa shape index (κ1) is 32.3. The van der Waals surface area contributed by atoms with Crippen LogP contribution in [0.1, 0.15) is 18.1 Å². The van der Waals surface area contributed by atoms with E-state index in [9.17, 15) is 22.4 Å². The lowest BCUT2D eigenvalue weighted by Crippen LogP contribution is -2.48. The van der Waals surface area contributed by atoms with Crippen LogP contribution in [0.4, 0.5) is 10.1 Å². The van der Waals surface area contributed by atoms with E-state index in [0.29, 0.717) is 10.8 Å². The van der Waals surface area contributed by atoms with Crippen LogP contribution in [0.3, 0.4) is 0 Å². The van der Waals surface area contributed by atoms with Crippen molar-refractivity contribution < 1.29 is 31.9 Å². The Bertz CT molecular complexity index is 1670. The maximum Gasteiger partial charge on any atom is 0.261 e. The van der Waals surface area contributed by atoms with Crippen molar-refractivity contribution in [3.05, 3.63) is 119 Å². The van der Waals surface area contributed by atoms with Gasteiger partial charge in [-0.05, 0) is 90.8 Å². The van der Waals surface area contributed by atoms with E-state index in [1.165, 1.54) is 41.3 Å². The second-order valence-electron chi connectivity index (χ2n) is 9.76. The molecule has 44 heavy (non-hydrogen) atoms. The monoisotopic (exact) mass is 639 g/mol. The fourth-order valence-corrected chi connectivity index (χ4v) is 5.31. The first-order valence-electron chi connectivity index (χ1n) is 13.5. The second kappa shape index (κ2) is 14.7. The molecule has 2 amide bonds. The maximum absolute atomic E-state index is 13.4. The molecule has 9 nitrogen and oxygen atoms in total. The molecule has 4 aromatic rings. The van der Waals surface area contributed by atoms with E-state index in [1.807, 2.05) is 12.1 Å². The predicted molar refractivity (Wildman–Crippen MR) is 165 cm³/mol. The Morgan fingerprint density at radius 3 is 2.07 bits per heavy atom. The third kappa shape index (κ3) is 8.95. The Morgan fingerprint density at radius 1 is 0.864 bits per heavy atom. The number of nitrogens with one attached hydrogen (secondary N) is 2. The van der Waals surface area contributed by atoms with Gasteiger partial charge in [0.15, 0.2) is 6.61 Å². The van der Waals surface area contributed by atoms with Crippen LogP contribution in [-0.2, 0) is 32.7 Å². The Kier molecular flexibility index (Phi) is 10.8. The normalized spacial score (nSPS) is 11.7. The summed E-state index contributed by atoms with van der Waals surface area (Å²) in [6, 6.07) is 23.8. The van der Waals surface area contributed by atoms with Crippen molar-refractivity contribution in [2.45, 2.75) is 31.0 Å². The summed E-state index contributed by atoms with van der Waals surface area (Å²) in [5, 5.41) is 3.40. The number of amides is 2. The molecule has 0 fully saturated rings. The van der Waals surface area contributed by atoms with Crippen molar-refractivity contribution in [2.24, 2.45) is 0 Å². The molecular formula is C32H31ClFN3O6S. The molecule has 1 atom stereocenters. The van der Waals surface area contributed by atoms with Gasteiger partial charge in [0.25, 0.3) is 15.9 Å². The molecule has 0 saturated carbocycles. The number of hydrogen-bond acceptors (Lipinski definition) is 6. The molecule has 0 aliphatic rings. The molecule has 4 rings (SSSR count). The van der Waals surface area contributed by atoms with Crippen LogP contribution in [0.25, 0.3) is 0 Å². The van der Waals surface area contributed by atoms with Crippen LogP contribution < -0.4 is 19.5 Å². The number of sulfonamides is 1. The zero-order valence-corrected chi connectivity index (χ0v) is 25.6. The van der Waals surface area contributed by atoms with Crippen LogP contribution in [0.5, 0.6) is 11.5 Å². The summed E-state index contributed by atoms with van der Waals surface area (Å²) in [7, 11) is -2.37. The quantitative estimate of drug-likeness (QED) is 0.203. The second-order valence-corrected chi connectivity index (χ2v) is 11.9. The highest BCUT2D eigenvalue weighted by atomic mass is 35.5. The van der Waals surface area contributed by atoms with Gasteiger partial charge in [0.1, 0.15) is 23.4 Å². The predicted octanol–water partition coefficient (Wildman–Crippen LogP) is 5.40. The third-order valence-electron chi connectivity index (χ3n) is 6.65. The highest BCUT2D eigenvalue weighted by Crippen LogP contribution is 2.21. The van der Waals surface area contributed by atoms with Gasteiger partial charge in [-0.3, -0.25) is 14.3 Å². The summed E-state index contributed by atoms with van der Waals surface area (Å²) in [4.78, 5) is 27.8. The van der Waals surface area contributed by atoms with E-state index >= 15 is 0 Å². The van der Waals surface area contributed by atoms with E-state index in [-0.39, 0.29) is 35.3 Å². The van der Waals surface area contributed by atoms with Gasteiger partial charge in [-0.2, -0.15) is 0 Å². The molecule has 0 bridgehead atoms. The molecule has 0 spiro atoms. The molecule has 230 valence electrons. The molecular weight excluding hydrogens is 609 g/mol. The minimum atomic E-state index is -3.94. The number of halogens is 2. The molecule has 0 radical (unpaired) electrons. The van der Waals surface area contributed by atoms with Crippen molar-refractivity contribution in [3.8, 4) is 11.5 Å². The number of rotatable bonds is 13. The minimum absolute atomic E-state index is 0.0491. The number of benzene rings is 4. The SMILES string of the molecule is COc1ccc(CNC(=O)[C@H](C)N(Cc2ccc(Cl)cc2)C(=O)COc2ccc(S(=O)(=O)Nc3ccc(F)cc3)cc2)cc1. The molecule has 0 aromatic heterocycles. The first-order valence-corrected chi connectivity index (χ1v) is 15.4. The van der Waals surface area contributed by atoms with Gasteiger partial charge < -0.3 is 19.7 Å². The van der Waals surface area contributed by atoms with E-state index in [1.54, 1.807) is 50.4 Å². The van der Waals surface area contributed by atoms with Gasteiger partial charge in [-0.15, -0.1) is 0 Å². The number of anilines is 1. The van der Waals surface area contributed by atoms with Crippen LogP contribution in [0, 0.1) is 5.82 Å². The van der Waals surface area contributed by atoms with Gasteiger partial charge in [-0.1, -0.05) is 35.9 Å². The fourth-order valence-electron chi connectivity index (χ4n) is 4.12. The standard InChI is InChI=1S/C32H31ClFN3O6S/c1-22(32(39)35-19-23-5-13-28(42-2)14-6-23)37(20-24-3-7-25(33)8-4-24)31(38)21-43-29-15-17-30(18-16-29)44(40,41)36-27-11-9-26(34)10-12-27/h3-18,22,36H,19-21H2,1-2H3,(H,35,39)/t22-/m0/s1. The average molecular weight is 640 g/mol. The zero-order valence-electron chi connectivity index (χ0n) is 24.0. The number of nitrogens with zero attached hydrogens (tertiary/aromatic N) is 1. The van der Waals surface area contributed by atoms with Gasteiger partial charge in [0, 0.05) is 23.8 Å². The molecule has 0 unspecified atom stereocenters. The van der Waals surface area contributed by atoms with Crippen LogP contribution in [-0.4, -0.2) is 44.9 Å². The summed E-state index contributed by atoms with van der Waals surface area (Å²) in [6.45, 7) is 1.62. The summed E-state index contributed by atoms with van der Waals surface area (Å²) in [5.41, 5.74) is 1.84. The Morgan fingerprint density at radius 2 is 1.45 bits per heavy atom. The molecule has 0 saturated heterocycles. The highest BCUT2D eigenvalue weighted by molar-refractivity contribution is 7.92. The smallest absolute Gasteiger partial charge is 0.261 e. The van der Waals surface area contributed by atoms with Crippen LogP contribution in [0.2, 0.25) is 5.02 Å². The van der Waals surface area contributed by atoms with Crippen molar-refractivity contribution in [3.63, 3.8) is 0 Å². The van der Waals surface area contributed by atoms with E-state index < -0.39 is 34.4 Å². The number of carbonyl (C=O) groups is 2. The van der Waals surface area contributed by atoms with Gasteiger partial charge in [0.2, 0.25) is 5.91 Å². The lowest BCUT2D eigenvalue weighted by molar-refractivity contribution is -0.142. The lowest BCUT2D eigenvalue weighted by atomic mass is 10.1. The number of hydrogen-bond donors (Lipinski definition) is 2. The molecule has 2 N–H and O–H groups in total.